The van der Waals surface area contributed by atoms with E-state index in [4.69, 9.17) is 38.8 Å². The maximum Gasteiger partial charge on any atom is 0.335 e. The number of nitrogens with zero attached hydrogens (tertiary/aromatic N) is 7. The Balaban J connectivity index is 1.65. The zero-order valence-corrected chi connectivity index (χ0v) is 37.5. The molecule has 0 radical (unpaired) electrons. The number of anilines is 1. The highest BCUT2D eigenvalue weighted by Crippen LogP contribution is 2.45. The molecule has 14 nitrogen and oxygen atoms in total. The fourth-order valence-electron chi connectivity index (χ4n) is 6.92. The average molecular weight is 822 g/mol. The summed E-state index contributed by atoms with van der Waals surface area (Å²) in [6.07, 6.45) is 7.21. The highest BCUT2D eigenvalue weighted by Gasteiger charge is 2.45. The molecule has 16 heteroatoms. The van der Waals surface area contributed by atoms with Gasteiger partial charge in [0.05, 0.1) is 43.0 Å². The van der Waals surface area contributed by atoms with Gasteiger partial charge in [-0.05, 0) is 56.8 Å². The van der Waals surface area contributed by atoms with Crippen LogP contribution in [0.5, 0.6) is 0 Å². The lowest BCUT2D eigenvalue weighted by Gasteiger charge is -2.37. The van der Waals surface area contributed by atoms with Gasteiger partial charge < -0.3 is 33.7 Å². The molecule has 1 aliphatic rings. The number of pyridine rings is 1. The number of carbonyl (C=O) groups is 1. The van der Waals surface area contributed by atoms with Crippen LogP contribution in [0, 0.1) is 0 Å². The maximum atomic E-state index is 12.7. The predicted octanol–water partition coefficient (Wildman–Crippen LogP) is 7.77. The van der Waals surface area contributed by atoms with Gasteiger partial charge in [-0.3, -0.25) is 9.67 Å². The number of hydrogen-bond donors (Lipinski definition) is 1. The smallest absolute Gasteiger partial charge is 0.335 e. The SMILES string of the molecule is C=C(OCC)c1c(C2CCC(OCCOC)(C(=O)O)CC2)nc2c(-c3ccc(-c4ccn(C)n4)nc3)cnn2c1N(COCC[Si](C)(C)C)COCC[Si](C)(C)C. The lowest BCUT2D eigenvalue weighted by Crippen LogP contribution is -2.45. The first-order valence-corrected chi connectivity index (χ1v) is 27.4. The van der Waals surface area contributed by atoms with Crippen molar-refractivity contribution in [1.82, 2.24) is 29.4 Å². The summed E-state index contributed by atoms with van der Waals surface area (Å²) in [4.78, 5) is 24.9. The summed E-state index contributed by atoms with van der Waals surface area (Å²) in [6.45, 7) is 23.0. The average Bonchev–Trinajstić information content (AvgIpc) is 3.79. The number of rotatable bonds is 22. The van der Waals surface area contributed by atoms with E-state index in [-0.39, 0.29) is 26.0 Å². The number of hydrogen-bond acceptors (Lipinski definition) is 11. The van der Waals surface area contributed by atoms with Crippen molar-refractivity contribution in [2.75, 3.05) is 58.5 Å². The number of carboxylic acid groups (broad SMARTS) is 1. The van der Waals surface area contributed by atoms with E-state index in [1.807, 2.05) is 55.3 Å². The van der Waals surface area contributed by atoms with Gasteiger partial charge in [0.25, 0.3) is 0 Å². The van der Waals surface area contributed by atoms with E-state index in [1.54, 1.807) is 11.8 Å². The van der Waals surface area contributed by atoms with Crippen LogP contribution in [-0.4, -0.2) is 116 Å². The summed E-state index contributed by atoms with van der Waals surface area (Å²) in [5.74, 6) is 0.0624. The molecule has 1 saturated carbocycles. The minimum Gasteiger partial charge on any atom is -0.494 e. The Hall–Kier alpha value is -3.94. The van der Waals surface area contributed by atoms with E-state index in [0.717, 1.165) is 40.3 Å². The molecule has 312 valence electrons. The number of carboxylic acids is 1. The van der Waals surface area contributed by atoms with Crippen LogP contribution in [0.25, 0.3) is 33.9 Å². The minimum absolute atomic E-state index is 0.130. The topological polar surface area (TPSA) is 148 Å². The summed E-state index contributed by atoms with van der Waals surface area (Å²) in [6, 6.07) is 7.93. The molecule has 1 N–H and O–H groups in total. The Morgan fingerprint density at radius 3 is 2.16 bits per heavy atom. The molecule has 4 aromatic heterocycles. The molecular formula is C41H63N7O7Si2. The molecule has 4 heterocycles. The molecule has 0 aliphatic heterocycles. The second-order valence-electron chi connectivity index (χ2n) is 17.3. The fraction of sp³-hybridized carbons (Fsp3) is 0.585. The van der Waals surface area contributed by atoms with Gasteiger partial charge in [-0.25, -0.2) is 9.78 Å². The molecular weight excluding hydrogens is 759 g/mol. The zero-order chi connectivity index (χ0) is 41.4. The highest BCUT2D eigenvalue weighted by atomic mass is 28.3. The first kappa shape index (κ1) is 44.2. The number of fused-ring (bicyclic) bond motifs is 1. The van der Waals surface area contributed by atoms with Gasteiger partial charge in [-0.2, -0.15) is 14.7 Å². The van der Waals surface area contributed by atoms with Gasteiger partial charge in [0, 0.05) is 73.0 Å². The van der Waals surface area contributed by atoms with Crippen LogP contribution in [0.1, 0.15) is 49.8 Å². The lowest BCUT2D eigenvalue weighted by molar-refractivity contribution is -0.173. The Labute approximate surface area is 339 Å². The quantitative estimate of drug-likeness (QED) is 0.0358. The predicted molar refractivity (Wildman–Crippen MR) is 229 cm³/mol. The van der Waals surface area contributed by atoms with Crippen LogP contribution < -0.4 is 4.90 Å². The summed E-state index contributed by atoms with van der Waals surface area (Å²) in [5, 5.41) is 19.9. The molecule has 0 amide bonds. The Kier molecular flexibility index (Phi) is 14.9. The van der Waals surface area contributed by atoms with Crippen LogP contribution in [0.3, 0.4) is 0 Å². The van der Waals surface area contributed by atoms with Gasteiger partial charge in [-0.15, -0.1) is 0 Å². The van der Waals surface area contributed by atoms with E-state index in [2.05, 4.69) is 55.9 Å². The molecule has 5 rings (SSSR count). The lowest BCUT2D eigenvalue weighted by atomic mass is 9.76. The van der Waals surface area contributed by atoms with Crippen LogP contribution in [0.15, 0.2) is 43.4 Å². The van der Waals surface area contributed by atoms with Crippen molar-refractivity contribution in [2.24, 2.45) is 7.05 Å². The second-order valence-corrected chi connectivity index (χ2v) is 28.5. The third kappa shape index (κ3) is 11.4. The van der Waals surface area contributed by atoms with Crippen LogP contribution in [0.4, 0.5) is 5.82 Å². The van der Waals surface area contributed by atoms with Crippen molar-refractivity contribution in [3.05, 3.63) is 54.6 Å². The largest absolute Gasteiger partial charge is 0.494 e. The van der Waals surface area contributed by atoms with E-state index < -0.39 is 27.7 Å². The Morgan fingerprint density at radius 2 is 1.63 bits per heavy atom. The third-order valence-electron chi connectivity index (χ3n) is 10.3. The summed E-state index contributed by atoms with van der Waals surface area (Å²) in [5.41, 5.74) is 3.97. The van der Waals surface area contributed by atoms with Crippen molar-refractivity contribution < 1.29 is 33.6 Å². The zero-order valence-electron chi connectivity index (χ0n) is 35.5. The van der Waals surface area contributed by atoms with E-state index in [9.17, 15) is 9.90 Å². The molecule has 1 fully saturated rings. The van der Waals surface area contributed by atoms with E-state index >= 15 is 0 Å². The minimum atomic E-state index is -1.37. The van der Waals surface area contributed by atoms with Crippen molar-refractivity contribution in [2.45, 2.75) is 95.5 Å². The summed E-state index contributed by atoms with van der Waals surface area (Å²) in [7, 11) is 0.724. The van der Waals surface area contributed by atoms with Crippen LogP contribution >= 0.6 is 0 Å². The number of methoxy groups -OCH3 is 1. The highest BCUT2D eigenvalue weighted by molar-refractivity contribution is 6.76. The van der Waals surface area contributed by atoms with Gasteiger partial charge >= 0.3 is 5.97 Å². The molecule has 57 heavy (non-hydrogen) atoms. The number of aryl methyl sites for hydroxylation is 1. The summed E-state index contributed by atoms with van der Waals surface area (Å²) < 4.78 is 33.9. The molecule has 0 unspecified atom stereocenters. The van der Waals surface area contributed by atoms with Gasteiger partial charge in [0.2, 0.25) is 0 Å². The normalized spacial score (nSPS) is 17.6. The number of ether oxygens (including phenoxy) is 5. The fourth-order valence-corrected chi connectivity index (χ4v) is 8.43. The van der Waals surface area contributed by atoms with Crippen molar-refractivity contribution in [3.63, 3.8) is 0 Å². The van der Waals surface area contributed by atoms with Crippen molar-refractivity contribution >= 4 is 39.3 Å². The Bertz CT molecular complexity index is 1920. The first-order chi connectivity index (χ1) is 27.1. The number of aliphatic carboxylic acids is 1. The van der Waals surface area contributed by atoms with Gasteiger partial charge in [0.15, 0.2) is 11.2 Å². The first-order valence-electron chi connectivity index (χ1n) is 20.0. The molecule has 0 saturated heterocycles. The second kappa shape index (κ2) is 19.2. The molecule has 4 aromatic rings. The molecule has 0 spiro atoms. The van der Waals surface area contributed by atoms with Crippen molar-refractivity contribution in [1.29, 1.82) is 0 Å². The standard InChI is InChI=1S/C41H63N7O7Si2/c1-11-54-30(2)36-37(31-14-17-41(18-15-31,40(49)50)55-21-20-51-4)44-38-33(32-12-13-34(42-26-32)35-16-19-46(3)45-35)27-43-48(38)39(36)47(28-52-22-24-56(5,6)7)29-53-23-25-57(8,9)10/h12-13,16,19,26-27,31H,2,11,14-15,17-18,20-25,28-29H2,1,3-10H3,(H,49,50). The maximum absolute atomic E-state index is 12.7. The molecule has 0 aromatic carbocycles. The van der Waals surface area contributed by atoms with Gasteiger partial charge in [-0.1, -0.05) is 51.9 Å². The van der Waals surface area contributed by atoms with E-state index in [1.165, 1.54) is 0 Å². The third-order valence-corrected chi connectivity index (χ3v) is 13.7. The van der Waals surface area contributed by atoms with Crippen LogP contribution in [0.2, 0.25) is 51.4 Å². The molecule has 1 aliphatic carbocycles. The number of aromatic nitrogens is 6. The van der Waals surface area contributed by atoms with Crippen molar-refractivity contribution in [3.8, 4) is 22.5 Å². The van der Waals surface area contributed by atoms with Gasteiger partial charge in [0.1, 0.15) is 30.7 Å². The Morgan fingerprint density at radius 1 is 0.965 bits per heavy atom. The van der Waals surface area contributed by atoms with Crippen LogP contribution in [-0.2, 0) is 35.5 Å². The summed E-state index contributed by atoms with van der Waals surface area (Å²) >= 11 is 0. The monoisotopic (exact) mass is 821 g/mol. The van der Waals surface area contributed by atoms with E-state index in [0.29, 0.717) is 74.9 Å². The molecule has 0 bridgehead atoms. The molecule has 0 atom stereocenters.